The van der Waals surface area contributed by atoms with E-state index in [-0.39, 0.29) is 23.2 Å². The fraction of sp³-hybridized carbons (Fsp3) is 0.500. The number of rotatable bonds is 3. The van der Waals surface area contributed by atoms with Crippen LogP contribution in [0.15, 0.2) is 18.2 Å². The van der Waals surface area contributed by atoms with Gasteiger partial charge >= 0.3 is 5.97 Å². The molecule has 2 aromatic rings. The number of fused-ring (bicyclic) bond motifs is 1. The lowest BCUT2D eigenvalue weighted by Gasteiger charge is -2.12. The number of amides is 2. The van der Waals surface area contributed by atoms with E-state index in [1.54, 1.807) is 0 Å². The van der Waals surface area contributed by atoms with Gasteiger partial charge in [0.25, 0.3) is 5.91 Å². The van der Waals surface area contributed by atoms with Crippen LogP contribution < -0.4 is 11.5 Å². The molecule has 0 unspecified atom stereocenters. The van der Waals surface area contributed by atoms with Gasteiger partial charge in [0.1, 0.15) is 11.6 Å². The number of hydrogen-bond donors (Lipinski definition) is 2. The molecule has 0 bridgehead atoms. The van der Waals surface area contributed by atoms with Crippen molar-refractivity contribution in [2.24, 2.45) is 16.9 Å². The highest BCUT2D eigenvalue weighted by atomic mass is 19.1. The van der Waals surface area contributed by atoms with E-state index in [2.05, 4.69) is 48.0 Å². The first-order valence-corrected chi connectivity index (χ1v) is 11.0. The molecule has 1 aliphatic heterocycles. The van der Waals surface area contributed by atoms with E-state index in [1.165, 1.54) is 25.7 Å². The van der Waals surface area contributed by atoms with Crippen LogP contribution >= 0.6 is 0 Å². The van der Waals surface area contributed by atoms with Crippen molar-refractivity contribution in [3.8, 4) is 11.4 Å². The van der Waals surface area contributed by atoms with Gasteiger partial charge < -0.3 is 25.7 Å². The monoisotopic (exact) mass is 477 g/mol. The summed E-state index contributed by atoms with van der Waals surface area (Å²) < 4.78 is 21.0. The largest absolute Gasteiger partial charge is 0.465 e. The number of aromatic nitrogens is 2. The molecule has 4 N–H and O–H groups in total. The second-order valence-corrected chi connectivity index (χ2v) is 9.07. The molecule has 2 heterocycles. The molecule has 0 radical (unpaired) electrons. The second kappa shape index (κ2) is 12.8. The summed E-state index contributed by atoms with van der Waals surface area (Å²) in [6.07, 6.45) is 2.36. The lowest BCUT2D eigenvalue weighted by molar-refractivity contribution is -0.106. The van der Waals surface area contributed by atoms with Crippen molar-refractivity contribution in [3.05, 3.63) is 41.0 Å². The van der Waals surface area contributed by atoms with Crippen LogP contribution in [0.3, 0.4) is 0 Å². The van der Waals surface area contributed by atoms with Crippen LogP contribution in [0.4, 0.5) is 4.39 Å². The van der Waals surface area contributed by atoms with Gasteiger partial charge in [0.2, 0.25) is 6.41 Å². The smallest absolute Gasteiger partial charge is 0.337 e. The van der Waals surface area contributed by atoms with E-state index >= 15 is 0 Å². The minimum Gasteiger partial charge on any atom is -0.465 e. The number of benzene rings is 1. The Hall–Kier alpha value is -3.27. The van der Waals surface area contributed by atoms with Crippen molar-refractivity contribution < 1.29 is 23.5 Å². The van der Waals surface area contributed by atoms with Gasteiger partial charge in [0, 0.05) is 13.1 Å². The van der Waals surface area contributed by atoms with Crippen LogP contribution in [0.2, 0.25) is 0 Å². The summed E-state index contributed by atoms with van der Waals surface area (Å²) >= 11 is 0. The average Bonchev–Trinajstić information content (AvgIpc) is 3.00. The number of methoxy groups -OCH3 is 1. The third-order valence-electron chi connectivity index (χ3n) is 5.34. The zero-order valence-electron chi connectivity index (χ0n) is 20.9. The third kappa shape index (κ3) is 7.95. The third-order valence-corrected chi connectivity index (χ3v) is 5.34. The Morgan fingerprint density at radius 3 is 2.32 bits per heavy atom. The SMILES string of the molecule is CCC(C)(C)C.COC(=O)c1ccc(-c2nc(C(N)=O)c3n2CCCN(C)C3)c(F)c1.NC=O. The molecule has 0 atom stereocenters. The minimum absolute atomic E-state index is 0.112. The lowest BCUT2D eigenvalue weighted by Crippen LogP contribution is -2.21. The number of nitrogens with two attached hydrogens (primary N) is 2. The van der Waals surface area contributed by atoms with Crippen molar-refractivity contribution in [2.75, 3.05) is 20.7 Å². The van der Waals surface area contributed by atoms with Gasteiger partial charge in [-0.1, -0.05) is 34.1 Å². The highest BCUT2D eigenvalue weighted by Crippen LogP contribution is 2.28. The van der Waals surface area contributed by atoms with Crippen molar-refractivity contribution in [1.82, 2.24) is 14.5 Å². The van der Waals surface area contributed by atoms with Gasteiger partial charge in [-0.15, -0.1) is 0 Å². The van der Waals surface area contributed by atoms with Gasteiger partial charge in [-0.2, -0.15) is 0 Å². The summed E-state index contributed by atoms with van der Waals surface area (Å²) in [4.78, 5) is 38.3. The van der Waals surface area contributed by atoms with E-state index < -0.39 is 17.7 Å². The molecular formula is C24H36FN5O4. The highest BCUT2D eigenvalue weighted by molar-refractivity contribution is 5.93. The van der Waals surface area contributed by atoms with Crippen LogP contribution in [0.1, 0.15) is 67.1 Å². The molecule has 0 fully saturated rings. The molecule has 10 heteroatoms. The fourth-order valence-electron chi connectivity index (χ4n) is 3.07. The van der Waals surface area contributed by atoms with E-state index in [4.69, 9.17) is 10.5 Å². The molecule has 1 aromatic carbocycles. The normalized spacial score (nSPS) is 13.3. The van der Waals surface area contributed by atoms with Gasteiger partial charge in [-0.25, -0.2) is 14.2 Å². The Kier molecular flexibility index (Phi) is 10.9. The maximum Gasteiger partial charge on any atom is 0.337 e. The van der Waals surface area contributed by atoms with Crippen LogP contribution in [0.25, 0.3) is 11.4 Å². The van der Waals surface area contributed by atoms with E-state index in [0.717, 1.165) is 19.0 Å². The second-order valence-electron chi connectivity index (χ2n) is 9.07. The predicted octanol–water partition coefficient (Wildman–Crippen LogP) is 2.95. The Morgan fingerprint density at radius 2 is 1.85 bits per heavy atom. The molecule has 0 saturated heterocycles. The zero-order chi connectivity index (χ0) is 26.1. The summed E-state index contributed by atoms with van der Waals surface area (Å²) in [5.41, 5.74) is 11.3. The topological polar surface area (TPSA) is 134 Å². The van der Waals surface area contributed by atoms with Crippen molar-refractivity contribution in [2.45, 2.75) is 53.6 Å². The summed E-state index contributed by atoms with van der Waals surface area (Å²) in [6.45, 7) is 10.9. The molecule has 0 saturated carbocycles. The maximum absolute atomic E-state index is 14.6. The Labute approximate surface area is 200 Å². The van der Waals surface area contributed by atoms with Crippen LogP contribution in [-0.2, 0) is 22.6 Å². The minimum atomic E-state index is -0.642. The van der Waals surface area contributed by atoms with Crippen LogP contribution in [-0.4, -0.2) is 53.4 Å². The Morgan fingerprint density at radius 1 is 1.26 bits per heavy atom. The number of ether oxygens (including phenoxy) is 1. The van der Waals surface area contributed by atoms with Crippen molar-refractivity contribution in [3.63, 3.8) is 0 Å². The molecular weight excluding hydrogens is 441 g/mol. The molecule has 3 rings (SSSR count). The van der Waals surface area contributed by atoms with E-state index in [9.17, 15) is 14.0 Å². The summed E-state index contributed by atoms with van der Waals surface area (Å²) in [6, 6.07) is 4.05. The van der Waals surface area contributed by atoms with Crippen LogP contribution in [0.5, 0.6) is 0 Å². The van der Waals surface area contributed by atoms with Gasteiger partial charge in [0.05, 0.1) is 23.9 Å². The number of esters is 1. The average molecular weight is 478 g/mol. The van der Waals surface area contributed by atoms with Crippen molar-refractivity contribution in [1.29, 1.82) is 0 Å². The number of nitrogens with zero attached hydrogens (tertiary/aromatic N) is 3. The summed E-state index contributed by atoms with van der Waals surface area (Å²) in [5, 5.41) is 0. The van der Waals surface area contributed by atoms with Crippen molar-refractivity contribution >= 4 is 18.3 Å². The number of hydrogen-bond acceptors (Lipinski definition) is 6. The number of imidazole rings is 1. The number of carbonyl (C=O) groups excluding carboxylic acids is 3. The van der Waals surface area contributed by atoms with Gasteiger partial charge in [0.15, 0.2) is 5.69 Å². The lowest BCUT2D eigenvalue weighted by atomic mass is 9.94. The first-order valence-electron chi connectivity index (χ1n) is 11.0. The maximum atomic E-state index is 14.6. The summed E-state index contributed by atoms with van der Waals surface area (Å²) in [7, 11) is 3.18. The van der Waals surface area contributed by atoms with E-state index in [1.807, 2.05) is 11.6 Å². The Balaban J connectivity index is 0.000000551. The summed E-state index contributed by atoms with van der Waals surface area (Å²) in [5.74, 6) is -1.53. The van der Waals surface area contributed by atoms with Gasteiger partial charge in [-0.3, -0.25) is 9.59 Å². The molecule has 2 amide bonds. The first kappa shape index (κ1) is 28.8. The quantitative estimate of drug-likeness (QED) is 0.516. The van der Waals surface area contributed by atoms with Crippen LogP contribution in [0, 0.1) is 11.2 Å². The number of halogens is 1. The molecule has 1 aromatic heterocycles. The zero-order valence-corrected chi connectivity index (χ0v) is 20.9. The highest BCUT2D eigenvalue weighted by Gasteiger charge is 2.26. The number of primary amides is 2. The first-order chi connectivity index (χ1) is 15.9. The predicted molar refractivity (Wildman–Crippen MR) is 128 cm³/mol. The molecule has 9 nitrogen and oxygen atoms in total. The molecule has 0 spiro atoms. The molecule has 0 aliphatic carbocycles. The molecule has 34 heavy (non-hydrogen) atoms. The fourth-order valence-corrected chi connectivity index (χ4v) is 3.07. The number of carbonyl (C=O) groups is 3. The molecule has 1 aliphatic rings. The molecule has 188 valence electrons. The van der Waals surface area contributed by atoms with E-state index in [0.29, 0.717) is 30.0 Å². The van der Waals surface area contributed by atoms with Gasteiger partial charge in [-0.05, 0) is 43.6 Å². The standard InChI is InChI=1S/C17H19FN4O3.C6H14.CH3NO/c1-21-6-3-7-22-13(9-21)14(15(19)23)20-16(22)11-5-4-10(8-12(11)18)17(24)25-2;1-5-6(2,3)4;2-1-3/h4-5,8H,3,6-7,9H2,1-2H3,(H2,19,23);5H2,1-4H3;1H,(H2,2,3). The Bertz CT molecular complexity index is 998.